The Balaban J connectivity index is 2.48. The predicted octanol–water partition coefficient (Wildman–Crippen LogP) is 5.47. The van der Waals surface area contributed by atoms with E-state index >= 15 is 0 Å². The fourth-order valence-electron chi connectivity index (χ4n) is 1.53. The molecule has 0 bridgehead atoms. The maximum atomic E-state index is 13.2. The third-order valence-electron chi connectivity index (χ3n) is 2.48. The third-order valence-corrected chi connectivity index (χ3v) is 4.67. The lowest BCUT2D eigenvalue weighted by molar-refractivity contribution is 0.507. The minimum absolute atomic E-state index is 0.219. The fraction of sp³-hybridized carbons (Fsp3) is 0.167. The second-order valence-corrected chi connectivity index (χ2v) is 5.73. The quantitative estimate of drug-likeness (QED) is 0.503. The van der Waals surface area contributed by atoms with Crippen molar-refractivity contribution in [2.45, 2.75) is 11.8 Å². The molecule has 2 rings (SSSR count). The molecule has 0 nitrogen and oxygen atoms in total. The molecule has 1 aromatic carbocycles. The van der Waals surface area contributed by atoms with Gasteiger partial charge in [-0.25, -0.2) is 8.78 Å². The van der Waals surface area contributed by atoms with Gasteiger partial charge in [-0.3, -0.25) is 0 Å². The smallest absolute Gasteiger partial charge is 0.160 e. The molecule has 0 saturated carbocycles. The second-order valence-electron chi connectivity index (χ2n) is 3.66. The van der Waals surface area contributed by atoms with Gasteiger partial charge in [0.05, 0.1) is 4.83 Å². The Hall–Kier alpha value is -0.450. The summed E-state index contributed by atoms with van der Waals surface area (Å²) in [6.07, 6.45) is 0. The first-order valence-electron chi connectivity index (χ1n) is 4.82. The topological polar surface area (TPSA) is 0 Å². The van der Waals surface area contributed by atoms with Crippen LogP contribution in [-0.2, 0) is 0 Å². The number of thiophene rings is 1. The van der Waals surface area contributed by atoms with Crippen LogP contribution in [0.4, 0.5) is 8.78 Å². The Kier molecular flexibility index (Phi) is 3.85. The van der Waals surface area contributed by atoms with Gasteiger partial charge < -0.3 is 0 Å². The molecule has 17 heavy (non-hydrogen) atoms. The van der Waals surface area contributed by atoms with Crippen molar-refractivity contribution in [1.29, 1.82) is 0 Å². The molecule has 5 heteroatoms. The lowest BCUT2D eigenvalue weighted by atomic mass is 10.0. The lowest BCUT2D eigenvalue weighted by Gasteiger charge is -2.12. The van der Waals surface area contributed by atoms with E-state index in [2.05, 4.69) is 15.9 Å². The van der Waals surface area contributed by atoms with Crippen LogP contribution in [-0.4, -0.2) is 0 Å². The van der Waals surface area contributed by atoms with Gasteiger partial charge in [0.15, 0.2) is 11.6 Å². The number of aryl methyl sites for hydroxylation is 1. The fourth-order valence-corrected chi connectivity index (χ4v) is 3.84. The minimum Gasteiger partial charge on any atom is -0.204 e. The van der Waals surface area contributed by atoms with E-state index in [-0.39, 0.29) is 9.85 Å². The number of rotatable bonds is 2. The van der Waals surface area contributed by atoms with E-state index in [0.29, 0.717) is 5.56 Å². The van der Waals surface area contributed by atoms with Crippen molar-refractivity contribution < 1.29 is 8.78 Å². The van der Waals surface area contributed by atoms with Gasteiger partial charge in [-0.1, -0.05) is 27.5 Å². The molecule has 1 unspecified atom stereocenters. The summed E-state index contributed by atoms with van der Waals surface area (Å²) in [6.45, 7) is 1.97. The van der Waals surface area contributed by atoms with Crippen molar-refractivity contribution in [3.8, 4) is 0 Å². The van der Waals surface area contributed by atoms with Crippen LogP contribution in [0, 0.1) is 18.6 Å². The minimum atomic E-state index is -0.930. The van der Waals surface area contributed by atoms with Crippen LogP contribution < -0.4 is 0 Å². The van der Waals surface area contributed by atoms with Crippen LogP contribution in [0.5, 0.6) is 0 Å². The molecule has 1 aromatic heterocycles. The van der Waals surface area contributed by atoms with Crippen molar-refractivity contribution in [2.75, 3.05) is 0 Å². The highest BCUT2D eigenvalue weighted by molar-refractivity contribution is 9.09. The van der Waals surface area contributed by atoms with Gasteiger partial charge in [0, 0.05) is 5.02 Å². The van der Waals surface area contributed by atoms with Crippen LogP contribution >= 0.6 is 38.9 Å². The van der Waals surface area contributed by atoms with Gasteiger partial charge in [-0.05, 0) is 46.5 Å². The molecule has 0 aliphatic rings. The zero-order chi connectivity index (χ0) is 12.6. The molecule has 0 N–H and O–H groups in total. The lowest BCUT2D eigenvalue weighted by Crippen LogP contribution is -1.97. The van der Waals surface area contributed by atoms with E-state index in [1.54, 1.807) is 11.3 Å². The summed E-state index contributed by atoms with van der Waals surface area (Å²) >= 11 is 11.0. The number of benzene rings is 1. The molecule has 0 saturated heterocycles. The summed E-state index contributed by atoms with van der Waals surface area (Å²) in [5.74, 6) is -1.82. The third kappa shape index (κ3) is 2.54. The van der Waals surface area contributed by atoms with Crippen molar-refractivity contribution in [3.05, 3.63) is 56.2 Å². The summed E-state index contributed by atoms with van der Waals surface area (Å²) in [6, 6.07) is 2.14. The first-order chi connectivity index (χ1) is 8.00. The molecule has 0 aliphatic carbocycles. The molecule has 90 valence electrons. The molecule has 0 spiro atoms. The molecule has 0 fully saturated rings. The van der Waals surface area contributed by atoms with E-state index in [9.17, 15) is 8.78 Å². The van der Waals surface area contributed by atoms with Crippen LogP contribution in [0.1, 0.15) is 21.5 Å². The van der Waals surface area contributed by atoms with E-state index < -0.39 is 11.6 Å². The Morgan fingerprint density at radius 1 is 1.18 bits per heavy atom. The van der Waals surface area contributed by atoms with Gasteiger partial charge in [-0.2, -0.15) is 11.3 Å². The second kappa shape index (κ2) is 5.04. The van der Waals surface area contributed by atoms with Crippen LogP contribution in [0.15, 0.2) is 22.9 Å². The van der Waals surface area contributed by atoms with Crippen LogP contribution in [0.25, 0.3) is 0 Å². The highest BCUT2D eigenvalue weighted by Crippen LogP contribution is 2.38. The Labute approximate surface area is 115 Å². The standard InChI is InChI=1S/C12H8BrClF2S/c1-6-4-17-5-8(6)12(13)7-2-10(15)11(16)3-9(7)14/h2-5,12H,1H3. The highest BCUT2D eigenvalue weighted by Gasteiger charge is 2.19. The Morgan fingerprint density at radius 2 is 1.82 bits per heavy atom. The van der Waals surface area contributed by atoms with Gasteiger partial charge in [0.2, 0.25) is 0 Å². The molecule has 2 aromatic rings. The highest BCUT2D eigenvalue weighted by atomic mass is 79.9. The van der Waals surface area contributed by atoms with Gasteiger partial charge in [0.25, 0.3) is 0 Å². The number of hydrogen-bond acceptors (Lipinski definition) is 1. The average Bonchev–Trinajstić information content (AvgIpc) is 2.69. The van der Waals surface area contributed by atoms with E-state index in [0.717, 1.165) is 23.3 Å². The maximum Gasteiger partial charge on any atom is 0.160 e. The number of hydrogen-bond donors (Lipinski definition) is 0. The molecule has 0 amide bonds. The van der Waals surface area contributed by atoms with Crippen molar-refractivity contribution in [2.24, 2.45) is 0 Å². The first kappa shape index (κ1) is 13.0. The van der Waals surface area contributed by atoms with Crippen molar-refractivity contribution in [3.63, 3.8) is 0 Å². The van der Waals surface area contributed by atoms with E-state index in [1.807, 2.05) is 17.7 Å². The molecule has 0 aliphatic heterocycles. The largest absolute Gasteiger partial charge is 0.204 e. The number of halogens is 4. The van der Waals surface area contributed by atoms with Gasteiger partial charge >= 0.3 is 0 Å². The zero-order valence-corrected chi connectivity index (χ0v) is 12.0. The van der Waals surface area contributed by atoms with Crippen LogP contribution in [0.2, 0.25) is 5.02 Å². The molecule has 1 atom stereocenters. The maximum absolute atomic E-state index is 13.2. The molecular formula is C12H8BrClF2S. The number of alkyl halides is 1. The van der Waals surface area contributed by atoms with Crippen molar-refractivity contribution >= 4 is 38.9 Å². The average molecular weight is 338 g/mol. The Bertz CT molecular complexity index is 553. The summed E-state index contributed by atoms with van der Waals surface area (Å²) in [5, 5.41) is 4.18. The van der Waals surface area contributed by atoms with Crippen molar-refractivity contribution in [1.82, 2.24) is 0 Å². The van der Waals surface area contributed by atoms with Gasteiger partial charge in [-0.15, -0.1) is 0 Å². The summed E-state index contributed by atoms with van der Waals surface area (Å²) < 4.78 is 26.2. The van der Waals surface area contributed by atoms with Gasteiger partial charge in [0.1, 0.15) is 0 Å². The van der Waals surface area contributed by atoms with Crippen LogP contribution in [0.3, 0.4) is 0 Å². The predicted molar refractivity (Wildman–Crippen MR) is 71.2 cm³/mol. The molecule has 0 radical (unpaired) electrons. The van der Waals surface area contributed by atoms with E-state index in [4.69, 9.17) is 11.6 Å². The summed E-state index contributed by atoms with van der Waals surface area (Å²) in [7, 11) is 0. The summed E-state index contributed by atoms with van der Waals surface area (Å²) in [5.41, 5.74) is 2.65. The normalized spacial score (nSPS) is 12.8. The molecular weight excluding hydrogens is 330 g/mol. The Morgan fingerprint density at radius 3 is 2.41 bits per heavy atom. The SMILES string of the molecule is Cc1cscc1C(Br)c1cc(F)c(F)cc1Cl. The first-order valence-corrected chi connectivity index (χ1v) is 7.05. The monoisotopic (exact) mass is 336 g/mol. The molecule has 1 heterocycles. The zero-order valence-electron chi connectivity index (χ0n) is 8.81. The summed E-state index contributed by atoms with van der Waals surface area (Å²) in [4.78, 5) is -0.226. The van der Waals surface area contributed by atoms with E-state index in [1.165, 1.54) is 0 Å².